The molecule has 250 valence electrons. The van der Waals surface area contributed by atoms with Gasteiger partial charge in [0.2, 0.25) is 0 Å². The van der Waals surface area contributed by atoms with E-state index >= 15 is 0 Å². The van der Waals surface area contributed by atoms with E-state index in [2.05, 4.69) is 205 Å². The summed E-state index contributed by atoms with van der Waals surface area (Å²) in [6.07, 6.45) is 0. The molecule has 2 nitrogen and oxygen atoms in total. The third-order valence-corrected chi connectivity index (χ3v) is 11.7. The van der Waals surface area contributed by atoms with Gasteiger partial charge in [-0.25, -0.2) is 0 Å². The molecule has 10 aromatic rings. The molecular formula is C51H36N2. The van der Waals surface area contributed by atoms with Crippen LogP contribution in [0.15, 0.2) is 182 Å². The molecule has 0 spiro atoms. The maximum Gasteiger partial charge on any atom is 0.0544 e. The Morgan fingerprint density at radius 2 is 0.774 bits per heavy atom. The first kappa shape index (κ1) is 30.0. The van der Waals surface area contributed by atoms with Gasteiger partial charge in [-0.3, -0.25) is 0 Å². The number of aromatic nitrogens is 2. The van der Waals surface area contributed by atoms with Crippen LogP contribution in [-0.2, 0) is 5.41 Å². The summed E-state index contributed by atoms with van der Waals surface area (Å²) in [5.41, 5.74) is 17.6. The average Bonchev–Trinajstić information content (AvgIpc) is 3.80. The number of hydrogen-bond acceptors (Lipinski definition) is 0. The Bertz CT molecular complexity index is 3050. The number of hydrogen-bond donors (Lipinski definition) is 0. The van der Waals surface area contributed by atoms with E-state index < -0.39 is 0 Å². The molecule has 1 aliphatic rings. The highest BCUT2D eigenvalue weighted by molar-refractivity contribution is 6.12. The lowest BCUT2D eigenvalue weighted by molar-refractivity contribution is 0.661. The lowest BCUT2D eigenvalue weighted by atomic mass is 9.81. The van der Waals surface area contributed by atoms with Crippen LogP contribution in [0.3, 0.4) is 0 Å². The molecule has 11 rings (SSSR count). The third kappa shape index (κ3) is 4.39. The van der Waals surface area contributed by atoms with Crippen molar-refractivity contribution >= 4 is 43.6 Å². The minimum Gasteiger partial charge on any atom is -0.309 e. The Labute approximate surface area is 308 Å². The van der Waals surface area contributed by atoms with Crippen LogP contribution in [0.4, 0.5) is 0 Å². The van der Waals surface area contributed by atoms with E-state index in [4.69, 9.17) is 0 Å². The topological polar surface area (TPSA) is 9.86 Å². The van der Waals surface area contributed by atoms with Gasteiger partial charge in [-0.2, -0.15) is 0 Å². The molecule has 0 fully saturated rings. The molecule has 2 heteroatoms. The number of fused-ring (bicyclic) bond motifs is 9. The third-order valence-electron chi connectivity index (χ3n) is 11.7. The van der Waals surface area contributed by atoms with Crippen molar-refractivity contribution in [1.29, 1.82) is 0 Å². The van der Waals surface area contributed by atoms with Crippen LogP contribution in [0.2, 0.25) is 0 Å². The predicted octanol–water partition coefficient (Wildman–Crippen LogP) is 13.5. The fourth-order valence-corrected chi connectivity index (χ4v) is 9.09. The highest BCUT2D eigenvalue weighted by Gasteiger charge is 2.36. The van der Waals surface area contributed by atoms with Crippen molar-refractivity contribution in [3.63, 3.8) is 0 Å². The summed E-state index contributed by atoms with van der Waals surface area (Å²) in [5, 5.41) is 5.13. The maximum atomic E-state index is 2.46. The molecule has 0 saturated carbocycles. The minimum atomic E-state index is -0.138. The van der Waals surface area contributed by atoms with Crippen LogP contribution in [0.1, 0.15) is 25.0 Å². The molecule has 0 atom stereocenters. The van der Waals surface area contributed by atoms with Crippen LogP contribution in [-0.4, -0.2) is 9.13 Å². The summed E-state index contributed by atoms with van der Waals surface area (Å²) in [5.74, 6) is 0. The smallest absolute Gasteiger partial charge is 0.0544 e. The van der Waals surface area contributed by atoms with Crippen molar-refractivity contribution in [3.8, 4) is 44.8 Å². The van der Waals surface area contributed by atoms with Gasteiger partial charge >= 0.3 is 0 Å². The fraction of sp³-hybridized carbons (Fsp3) is 0.0588. The van der Waals surface area contributed by atoms with E-state index in [0.717, 1.165) is 0 Å². The Morgan fingerprint density at radius 3 is 1.40 bits per heavy atom. The minimum absolute atomic E-state index is 0.138. The van der Waals surface area contributed by atoms with Gasteiger partial charge in [-0.15, -0.1) is 0 Å². The second-order valence-corrected chi connectivity index (χ2v) is 15.0. The molecule has 2 heterocycles. The van der Waals surface area contributed by atoms with Gasteiger partial charge < -0.3 is 9.13 Å². The second-order valence-electron chi connectivity index (χ2n) is 15.0. The largest absolute Gasteiger partial charge is 0.309 e. The average molecular weight is 677 g/mol. The lowest BCUT2D eigenvalue weighted by Crippen LogP contribution is -2.15. The van der Waals surface area contributed by atoms with Gasteiger partial charge in [0.05, 0.1) is 22.1 Å². The molecular weight excluding hydrogens is 641 g/mol. The van der Waals surface area contributed by atoms with E-state index in [1.807, 2.05) is 0 Å². The summed E-state index contributed by atoms with van der Waals surface area (Å²) in [4.78, 5) is 0. The van der Waals surface area contributed by atoms with Gasteiger partial charge in [0.15, 0.2) is 0 Å². The standard InChI is InChI=1S/C51H36N2/c1-51(2)45-30-36(25-27-39(45)42-31-44-41-18-10-12-20-48(41)53(50(44)32-46(42)51)38-15-7-4-8-16-38)34-23-21-33(22-24-34)35-26-28-49-43(29-35)40-17-9-11-19-47(40)52(49)37-13-5-3-6-14-37/h3-32H,1-2H3. The van der Waals surface area contributed by atoms with Crippen molar-refractivity contribution in [2.24, 2.45) is 0 Å². The number of rotatable bonds is 4. The highest BCUT2D eigenvalue weighted by Crippen LogP contribution is 2.52. The molecule has 2 aromatic heterocycles. The molecule has 53 heavy (non-hydrogen) atoms. The zero-order valence-electron chi connectivity index (χ0n) is 29.7. The predicted molar refractivity (Wildman–Crippen MR) is 224 cm³/mol. The molecule has 0 bridgehead atoms. The summed E-state index contributed by atoms with van der Waals surface area (Å²) >= 11 is 0. The number of nitrogens with zero attached hydrogens (tertiary/aromatic N) is 2. The van der Waals surface area contributed by atoms with Crippen LogP contribution in [0.5, 0.6) is 0 Å². The zero-order chi connectivity index (χ0) is 35.3. The van der Waals surface area contributed by atoms with Crippen molar-refractivity contribution < 1.29 is 0 Å². The fourth-order valence-electron chi connectivity index (χ4n) is 9.09. The number of para-hydroxylation sites is 4. The maximum absolute atomic E-state index is 2.46. The Hall–Kier alpha value is -6.64. The quantitative estimate of drug-likeness (QED) is 0.176. The Morgan fingerprint density at radius 1 is 0.321 bits per heavy atom. The van der Waals surface area contributed by atoms with Crippen molar-refractivity contribution in [2.45, 2.75) is 19.3 Å². The van der Waals surface area contributed by atoms with Crippen LogP contribution in [0.25, 0.3) is 88.4 Å². The van der Waals surface area contributed by atoms with Gasteiger partial charge in [-0.1, -0.05) is 129 Å². The molecule has 8 aromatic carbocycles. The first-order chi connectivity index (χ1) is 26.0. The van der Waals surface area contributed by atoms with Gasteiger partial charge in [-0.05, 0) is 111 Å². The normalized spacial score (nSPS) is 13.2. The van der Waals surface area contributed by atoms with Gasteiger partial charge in [0, 0.05) is 38.3 Å². The van der Waals surface area contributed by atoms with Crippen LogP contribution < -0.4 is 0 Å². The van der Waals surface area contributed by atoms with E-state index in [0.29, 0.717) is 0 Å². The van der Waals surface area contributed by atoms with Crippen molar-refractivity contribution in [3.05, 3.63) is 193 Å². The number of benzene rings is 8. The van der Waals surface area contributed by atoms with Crippen molar-refractivity contribution in [2.75, 3.05) is 0 Å². The molecule has 1 aliphatic carbocycles. The molecule has 0 unspecified atom stereocenters. The van der Waals surface area contributed by atoms with Crippen LogP contribution >= 0.6 is 0 Å². The molecule has 0 aliphatic heterocycles. The Kier molecular flexibility index (Phi) is 6.33. The summed E-state index contributed by atoms with van der Waals surface area (Å²) in [7, 11) is 0. The summed E-state index contributed by atoms with van der Waals surface area (Å²) in [6, 6.07) is 67.0. The molecule has 0 N–H and O–H groups in total. The van der Waals surface area contributed by atoms with E-state index in [9.17, 15) is 0 Å². The summed E-state index contributed by atoms with van der Waals surface area (Å²) < 4.78 is 4.80. The van der Waals surface area contributed by atoms with E-state index in [-0.39, 0.29) is 5.41 Å². The Balaban J connectivity index is 0.978. The van der Waals surface area contributed by atoms with Crippen LogP contribution in [0, 0.1) is 0 Å². The second kappa shape index (κ2) is 11.2. The first-order valence-electron chi connectivity index (χ1n) is 18.5. The van der Waals surface area contributed by atoms with Gasteiger partial charge in [0.1, 0.15) is 0 Å². The highest BCUT2D eigenvalue weighted by atomic mass is 15.0. The zero-order valence-corrected chi connectivity index (χ0v) is 29.7. The van der Waals surface area contributed by atoms with E-state index in [1.54, 1.807) is 0 Å². The van der Waals surface area contributed by atoms with E-state index in [1.165, 1.54) is 99.5 Å². The molecule has 0 amide bonds. The SMILES string of the molecule is CC1(C)c2cc(-c3ccc(-c4ccc5c(c4)c4ccccc4n5-c4ccccc4)cc3)ccc2-c2cc3c4ccccc4n(-c4ccccc4)c3cc21. The first-order valence-corrected chi connectivity index (χ1v) is 18.5. The summed E-state index contributed by atoms with van der Waals surface area (Å²) in [6.45, 7) is 4.77. The van der Waals surface area contributed by atoms with Crippen molar-refractivity contribution in [1.82, 2.24) is 9.13 Å². The van der Waals surface area contributed by atoms with Gasteiger partial charge in [0.25, 0.3) is 0 Å². The lowest BCUT2D eigenvalue weighted by Gasteiger charge is -2.22. The molecule has 0 saturated heterocycles. The molecule has 0 radical (unpaired) electrons. The monoisotopic (exact) mass is 676 g/mol.